The van der Waals surface area contributed by atoms with Crippen LogP contribution in [0.3, 0.4) is 0 Å². The smallest absolute Gasteiger partial charge is 0.141 e. The summed E-state index contributed by atoms with van der Waals surface area (Å²) in [6.45, 7) is 8.79. The Balaban J connectivity index is 2.74. The third-order valence-electron chi connectivity index (χ3n) is 2.58. The molecule has 0 saturated heterocycles. The minimum Gasteiger partial charge on any atom is -0.495 e. The molecule has 0 heterocycles. The van der Waals surface area contributed by atoms with Crippen LogP contribution in [0.25, 0.3) is 0 Å². The van der Waals surface area contributed by atoms with Gasteiger partial charge >= 0.3 is 0 Å². The van der Waals surface area contributed by atoms with Gasteiger partial charge in [-0.15, -0.1) is 0 Å². The lowest BCUT2D eigenvalue weighted by Crippen LogP contribution is -2.17. The molecule has 1 atom stereocenters. The van der Waals surface area contributed by atoms with Crippen LogP contribution in [-0.4, -0.2) is 13.2 Å². The summed E-state index contributed by atoms with van der Waals surface area (Å²) in [6.07, 6.45) is 1.16. The Morgan fingerprint density at radius 1 is 1.25 bits per heavy atom. The Bertz CT molecular complexity index is 334. The molecule has 1 unspecified atom stereocenters. The topological polar surface area (TPSA) is 21.3 Å². The van der Waals surface area contributed by atoms with Gasteiger partial charge in [0.15, 0.2) is 0 Å². The van der Waals surface area contributed by atoms with Gasteiger partial charge < -0.3 is 10.1 Å². The first-order valence-electron chi connectivity index (χ1n) is 5.94. The quantitative estimate of drug-likeness (QED) is 0.815. The second-order valence-corrected chi connectivity index (χ2v) is 4.88. The number of aryl methyl sites for hydroxylation is 1. The van der Waals surface area contributed by atoms with E-state index in [1.54, 1.807) is 7.11 Å². The lowest BCUT2D eigenvalue weighted by molar-refractivity contribution is 0.415. The molecule has 16 heavy (non-hydrogen) atoms. The van der Waals surface area contributed by atoms with Crippen molar-refractivity contribution in [3.63, 3.8) is 0 Å². The van der Waals surface area contributed by atoms with Crippen LogP contribution in [0.1, 0.15) is 32.8 Å². The number of nitrogens with one attached hydrogen (secondary N) is 1. The lowest BCUT2D eigenvalue weighted by Gasteiger charge is -2.19. The van der Waals surface area contributed by atoms with Crippen molar-refractivity contribution in [2.45, 2.75) is 40.2 Å². The van der Waals surface area contributed by atoms with Crippen LogP contribution in [0.2, 0.25) is 0 Å². The number of anilines is 1. The van der Waals surface area contributed by atoms with E-state index in [1.807, 2.05) is 6.07 Å². The van der Waals surface area contributed by atoms with Crippen LogP contribution in [0.4, 0.5) is 5.69 Å². The highest BCUT2D eigenvalue weighted by Gasteiger charge is 2.08. The molecule has 0 saturated carbocycles. The first-order chi connectivity index (χ1) is 7.52. The van der Waals surface area contributed by atoms with Crippen LogP contribution in [0.5, 0.6) is 5.75 Å². The average molecular weight is 221 g/mol. The number of hydrogen-bond donors (Lipinski definition) is 1. The summed E-state index contributed by atoms with van der Waals surface area (Å²) in [5.41, 5.74) is 2.34. The van der Waals surface area contributed by atoms with Crippen molar-refractivity contribution in [2.24, 2.45) is 5.92 Å². The van der Waals surface area contributed by atoms with Crippen LogP contribution in [0, 0.1) is 12.8 Å². The van der Waals surface area contributed by atoms with Gasteiger partial charge in [-0.1, -0.05) is 19.9 Å². The standard InChI is InChI=1S/C14H23NO/c1-10(2)8-12(4)15-13-9-11(3)6-7-14(13)16-5/h6-7,9-10,12,15H,8H2,1-5H3. The van der Waals surface area contributed by atoms with Gasteiger partial charge in [0.2, 0.25) is 0 Å². The zero-order valence-corrected chi connectivity index (χ0v) is 11.0. The molecular weight excluding hydrogens is 198 g/mol. The van der Waals surface area contributed by atoms with E-state index in [4.69, 9.17) is 4.74 Å². The fraction of sp³-hybridized carbons (Fsp3) is 0.571. The molecule has 0 radical (unpaired) electrons. The summed E-state index contributed by atoms with van der Waals surface area (Å²) < 4.78 is 5.34. The summed E-state index contributed by atoms with van der Waals surface area (Å²) in [5, 5.41) is 3.51. The van der Waals surface area contributed by atoms with Gasteiger partial charge in [-0.2, -0.15) is 0 Å². The Kier molecular flexibility index (Phi) is 4.66. The predicted octanol–water partition coefficient (Wildman–Crippen LogP) is 3.85. The number of methoxy groups -OCH3 is 1. The number of hydrogen-bond acceptors (Lipinski definition) is 2. The molecule has 1 aromatic carbocycles. The Hall–Kier alpha value is -1.18. The molecule has 1 aromatic rings. The van der Waals surface area contributed by atoms with Crippen molar-refractivity contribution < 1.29 is 4.74 Å². The maximum Gasteiger partial charge on any atom is 0.141 e. The zero-order chi connectivity index (χ0) is 12.1. The maximum absolute atomic E-state index is 5.34. The van der Waals surface area contributed by atoms with E-state index in [1.165, 1.54) is 5.56 Å². The Labute approximate surface area is 99.0 Å². The minimum absolute atomic E-state index is 0.468. The van der Waals surface area contributed by atoms with Crippen LogP contribution < -0.4 is 10.1 Å². The average Bonchev–Trinajstić information content (AvgIpc) is 2.16. The van der Waals surface area contributed by atoms with E-state index in [0.29, 0.717) is 12.0 Å². The minimum atomic E-state index is 0.468. The van der Waals surface area contributed by atoms with Gasteiger partial charge in [0.05, 0.1) is 12.8 Å². The first-order valence-corrected chi connectivity index (χ1v) is 5.94. The highest BCUT2D eigenvalue weighted by molar-refractivity contribution is 5.58. The van der Waals surface area contributed by atoms with Crippen molar-refractivity contribution in [1.29, 1.82) is 0 Å². The van der Waals surface area contributed by atoms with E-state index < -0.39 is 0 Å². The van der Waals surface area contributed by atoms with Gasteiger partial charge in [0.1, 0.15) is 5.75 Å². The van der Waals surface area contributed by atoms with Crippen molar-refractivity contribution in [2.75, 3.05) is 12.4 Å². The van der Waals surface area contributed by atoms with Crippen molar-refractivity contribution in [3.8, 4) is 5.75 Å². The van der Waals surface area contributed by atoms with Crippen LogP contribution in [-0.2, 0) is 0 Å². The van der Waals surface area contributed by atoms with Gasteiger partial charge in [-0.05, 0) is 43.9 Å². The van der Waals surface area contributed by atoms with E-state index in [-0.39, 0.29) is 0 Å². The van der Waals surface area contributed by atoms with Gasteiger partial charge in [0.25, 0.3) is 0 Å². The molecule has 1 rings (SSSR count). The van der Waals surface area contributed by atoms with Crippen molar-refractivity contribution in [3.05, 3.63) is 23.8 Å². The number of ether oxygens (including phenoxy) is 1. The second kappa shape index (κ2) is 5.78. The van der Waals surface area contributed by atoms with E-state index in [9.17, 15) is 0 Å². The van der Waals surface area contributed by atoms with E-state index >= 15 is 0 Å². The fourth-order valence-electron chi connectivity index (χ4n) is 1.97. The molecule has 0 spiro atoms. The monoisotopic (exact) mass is 221 g/mol. The number of rotatable bonds is 5. The van der Waals surface area contributed by atoms with E-state index in [0.717, 1.165) is 17.9 Å². The SMILES string of the molecule is COc1ccc(C)cc1NC(C)CC(C)C. The van der Waals surface area contributed by atoms with Crippen LogP contribution in [0.15, 0.2) is 18.2 Å². The molecule has 0 amide bonds. The third kappa shape index (κ3) is 3.76. The fourth-order valence-corrected chi connectivity index (χ4v) is 1.97. The predicted molar refractivity (Wildman–Crippen MR) is 70.3 cm³/mol. The maximum atomic E-state index is 5.34. The molecule has 1 N–H and O–H groups in total. The molecule has 0 fully saturated rings. The molecule has 0 aromatic heterocycles. The van der Waals surface area contributed by atoms with Gasteiger partial charge in [-0.25, -0.2) is 0 Å². The molecule has 0 aliphatic heterocycles. The highest BCUT2D eigenvalue weighted by Crippen LogP contribution is 2.26. The lowest BCUT2D eigenvalue weighted by atomic mass is 10.0. The largest absolute Gasteiger partial charge is 0.495 e. The molecule has 0 aliphatic rings. The zero-order valence-electron chi connectivity index (χ0n) is 11.0. The third-order valence-corrected chi connectivity index (χ3v) is 2.58. The molecule has 2 nitrogen and oxygen atoms in total. The summed E-state index contributed by atoms with van der Waals surface area (Å²) in [7, 11) is 1.71. The number of benzene rings is 1. The van der Waals surface area contributed by atoms with E-state index in [2.05, 4.69) is 45.1 Å². The molecule has 2 heteroatoms. The summed E-state index contributed by atoms with van der Waals surface area (Å²) in [5.74, 6) is 1.62. The summed E-state index contributed by atoms with van der Waals surface area (Å²) >= 11 is 0. The van der Waals surface area contributed by atoms with Gasteiger partial charge in [-0.3, -0.25) is 0 Å². The normalized spacial score (nSPS) is 12.6. The summed E-state index contributed by atoms with van der Waals surface area (Å²) in [4.78, 5) is 0. The first kappa shape index (κ1) is 12.9. The molecule has 90 valence electrons. The second-order valence-electron chi connectivity index (χ2n) is 4.88. The van der Waals surface area contributed by atoms with Gasteiger partial charge in [0, 0.05) is 6.04 Å². The molecular formula is C14H23NO. The van der Waals surface area contributed by atoms with Crippen molar-refractivity contribution in [1.82, 2.24) is 0 Å². The van der Waals surface area contributed by atoms with Crippen molar-refractivity contribution >= 4 is 5.69 Å². The molecule has 0 aliphatic carbocycles. The Morgan fingerprint density at radius 3 is 2.50 bits per heavy atom. The van der Waals surface area contributed by atoms with Crippen LogP contribution >= 0.6 is 0 Å². The highest BCUT2D eigenvalue weighted by atomic mass is 16.5. The molecule has 0 bridgehead atoms. The Morgan fingerprint density at radius 2 is 1.94 bits per heavy atom. The summed E-state index contributed by atoms with van der Waals surface area (Å²) in [6, 6.07) is 6.68.